The van der Waals surface area contributed by atoms with E-state index >= 15 is 0 Å². The number of hydrogen-bond donors (Lipinski definition) is 1. The Morgan fingerprint density at radius 1 is 1.19 bits per heavy atom. The first-order valence-electron chi connectivity index (χ1n) is 8.26. The molecule has 2 aromatic rings. The van der Waals surface area contributed by atoms with Crippen LogP contribution in [0.1, 0.15) is 51.8 Å². The lowest BCUT2D eigenvalue weighted by Gasteiger charge is -2.19. The van der Waals surface area contributed by atoms with Crippen molar-refractivity contribution in [1.82, 2.24) is 19.9 Å². The maximum atomic E-state index is 4.30. The molecule has 4 heteroatoms. The Morgan fingerprint density at radius 3 is 2.95 bits per heavy atom. The topological polar surface area (TPSA) is 42.2 Å². The highest BCUT2D eigenvalue weighted by atomic mass is 15.3. The smallest absolute Gasteiger partial charge is 0.160 e. The van der Waals surface area contributed by atoms with Crippen molar-refractivity contribution in [2.75, 3.05) is 0 Å². The highest BCUT2D eigenvalue weighted by Crippen LogP contribution is 2.28. The van der Waals surface area contributed by atoms with Crippen LogP contribution in [0.15, 0.2) is 24.4 Å². The van der Waals surface area contributed by atoms with E-state index in [1.807, 2.05) is 24.4 Å². The quantitative estimate of drug-likeness (QED) is 0.876. The van der Waals surface area contributed by atoms with Crippen molar-refractivity contribution in [3.05, 3.63) is 30.2 Å². The molecule has 1 fully saturated rings. The molecule has 0 spiro atoms. The van der Waals surface area contributed by atoms with Crippen LogP contribution in [0.3, 0.4) is 0 Å². The van der Waals surface area contributed by atoms with E-state index in [2.05, 4.69) is 33.8 Å². The van der Waals surface area contributed by atoms with Gasteiger partial charge in [-0.2, -0.15) is 0 Å². The van der Waals surface area contributed by atoms with Gasteiger partial charge in [-0.05, 0) is 43.2 Å². The molecule has 1 aliphatic rings. The normalized spacial score (nSPS) is 23.6. The zero-order valence-corrected chi connectivity index (χ0v) is 13.1. The molecule has 1 saturated carbocycles. The minimum absolute atomic E-state index is 0.629. The zero-order chi connectivity index (χ0) is 14.7. The van der Waals surface area contributed by atoms with E-state index in [9.17, 15) is 0 Å². The molecule has 0 aromatic carbocycles. The van der Waals surface area contributed by atoms with E-state index in [0.29, 0.717) is 6.04 Å². The summed E-state index contributed by atoms with van der Waals surface area (Å²) in [5, 5.41) is 12.2. The summed E-state index contributed by atoms with van der Waals surface area (Å²) in [6.45, 7) is 5.53. The molecule has 4 nitrogen and oxygen atoms in total. The van der Waals surface area contributed by atoms with Gasteiger partial charge in [0.05, 0.1) is 6.54 Å². The molecule has 3 rings (SSSR count). The summed E-state index contributed by atoms with van der Waals surface area (Å²) in [5.41, 5.74) is 0.926. The van der Waals surface area contributed by atoms with Crippen molar-refractivity contribution in [3.8, 4) is 0 Å². The standard InChI is InChI=1S/C17H26N4/c1-13(2)14-6-5-7-15(10-9-14)18-12-17-20-19-16-8-3-4-11-21(16)17/h3-4,8,11,13-15,18H,5-7,9-10,12H2,1-2H3. The molecule has 0 aliphatic heterocycles. The summed E-state index contributed by atoms with van der Waals surface area (Å²) in [7, 11) is 0. The second-order valence-corrected chi connectivity index (χ2v) is 6.64. The minimum atomic E-state index is 0.629. The van der Waals surface area contributed by atoms with E-state index in [4.69, 9.17) is 0 Å². The monoisotopic (exact) mass is 286 g/mol. The Balaban J connectivity index is 1.58. The van der Waals surface area contributed by atoms with Crippen LogP contribution in [0.5, 0.6) is 0 Å². The van der Waals surface area contributed by atoms with Gasteiger partial charge in [-0.25, -0.2) is 0 Å². The lowest BCUT2D eigenvalue weighted by Crippen LogP contribution is -2.29. The van der Waals surface area contributed by atoms with Crippen molar-refractivity contribution in [2.45, 2.75) is 58.5 Å². The Kier molecular flexibility index (Phi) is 4.54. The fraction of sp³-hybridized carbons (Fsp3) is 0.647. The number of rotatable bonds is 4. The predicted octanol–water partition coefficient (Wildman–Crippen LogP) is 3.42. The number of hydrogen-bond acceptors (Lipinski definition) is 3. The molecule has 21 heavy (non-hydrogen) atoms. The second kappa shape index (κ2) is 6.56. The van der Waals surface area contributed by atoms with Gasteiger partial charge in [-0.15, -0.1) is 10.2 Å². The number of pyridine rings is 1. The van der Waals surface area contributed by atoms with Crippen LogP contribution in [-0.2, 0) is 6.54 Å². The zero-order valence-electron chi connectivity index (χ0n) is 13.1. The van der Waals surface area contributed by atoms with E-state index < -0.39 is 0 Å². The first-order chi connectivity index (χ1) is 10.2. The predicted molar refractivity (Wildman–Crippen MR) is 85.0 cm³/mol. The largest absolute Gasteiger partial charge is 0.307 e. The lowest BCUT2D eigenvalue weighted by molar-refractivity contribution is 0.337. The van der Waals surface area contributed by atoms with Crippen molar-refractivity contribution in [1.29, 1.82) is 0 Å². The lowest BCUT2D eigenvalue weighted by atomic mass is 9.89. The van der Waals surface area contributed by atoms with Gasteiger partial charge < -0.3 is 5.32 Å². The van der Waals surface area contributed by atoms with Crippen LogP contribution in [0.25, 0.3) is 5.65 Å². The third-order valence-electron chi connectivity index (χ3n) is 4.89. The molecule has 0 amide bonds. The summed E-state index contributed by atoms with van der Waals surface area (Å²) in [6, 6.07) is 6.65. The van der Waals surface area contributed by atoms with Gasteiger partial charge in [0.15, 0.2) is 11.5 Å². The molecule has 0 saturated heterocycles. The maximum Gasteiger partial charge on any atom is 0.160 e. The van der Waals surface area contributed by atoms with Crippen molar-refractivity contribution in [2.24, 2.45) is 11.8 Å². The van der Waals surface area contributed by atoms with Crippen LogP contribution in [0, 0.1) is 11.8 Å². The molecular formula is C17H26N4. The number of nitrogens with zero attached hydrogens (tertiary/aromatic N) is 3. The Hall–Kier alpha value is -1.42. The van der Waals surface area contributed by atoms with Crippen LogP contribution < -0.4 is 5.32 Å². The number of nitrogens with one attached hydrogen (secondary N) is 1. The Labute approximate surface area is 127 Å². The number of fused-ring (bicyclic) bond motifs is 1. The third-order valence-corrected chi connectivity index (χ3v) is 4.89. The minimum Gasteiger partial charge on any atom is -0.307 e. The van der Waals surface area contributed by atoms with Crippen molar-refractivity contribution in [3.63, 3.8) is 0 Å². The van der Waals surface area contributed by atoms with Crippen LogP contribution in [-0.4, -0.2) is 20.6 Å². The highest BCUT2D eigenvalue weighted by Gasteiger charge is 2.21. The molecule has 2 atom stereocenters. The molecule has 2 heterocycles. The molecule has 0 radical (unpaired) electrons. The van der Waals surface area contributed by atoms with Gasteiger partial charge in [-0.1, -0.05) is 32.8 Å². The second-order valence-electron chi connectivity index (χ2n) is 6.64. The molecule has 1 aliphatic carbocycles. The van der Waals surface area contributed by atoms with Gasteiger partial charge in [0.25, 0.3) is 0 Å². The van der Waals surface area contributed by atoms with E-state index in [1.165, 1.54) is 32.1 Å². The van der Waals surface area contributed by atoms with Gasteiger partial charge in [-0.3, -0.25) is 4.40 Å². The van der Waals surface area contributed by atoms with Gasteiger partial charge in [0, 0.05) is 12.2 Å². The van der Waals surface area contributed by atoms with Gasteiger partial charge in [0.1, 0.15) is 0 Å². The average molecular weight is 286 g/mol. The van der Waals surface area contributed by atoms with Crippen LogP contribution in [0.2, 0.25) is 0 Å². The van der Waals surface area contributed by atoms with Crippen LogP contribution in [0.4, 0.5) is 0 Å². The Morgan fingerprint density at radius 2 is 2.10 bits per heavy atom. The first kappa shape index (κ1) is 14.5. The summed E-state index contributed by atoms with van der Waals surface area (Å²) < 4.78 is 2.07. The first-order valence-corrected chi connectivity index (χ1v) is 8.26. The van der Waals surface area contributed by atoms with Crippen molar-refractivity contribution >= 4 is 5.65 Å². The molecular weight excluding hydrogens is 260 g/mol. The van der Waals surface area contributed by atoms with E-state index in [0.717, 1.165) is 29.9 Å². The highest BCUT2D eigenvalue weighted by molar-refractivity contribution is 5.36. The van der Waals surface area contributed by atoms with E-state index in [-0.39, 0.29) is 0 Å². The number of aromatic nitrogens is 3. The summed E-state index contributed by atoms with van der Waals surface area (Å²) in [5.74, 6) is 2.74. The summed E-state index contributed by atoms with van der Waals surface area (Å²) >= 11 is 0. The molecule has 2 aromatic heterocycles. The molecule has 2 unspecified atom stereocenters. The van der Waals surface area contributed by atoms with E-state index in [1.54, 1.807) is 0 Å². The third kappa shape index (κ3) is 3.43. The summed E-state index contributed by atoms with van der Waals surface area (Å²) in [4.78, 5) is 0. The van der Waals surface area contributed by atoms with Crippen molar-refractivity contribution < 1.29 is 0 Å². The molecule has 114 valence electrons. The average Bonchev–Trinajstić information content (AvgIpc) is 2.74. The Bertz CT molecular complexity index is 575. The van der Waals surface area contributed by atoms with Gasteiger partial charge in [0.2, 0.25) is 0 Å². The fourth-order valence-corrected chi connectivity index (χ4v) is 3.45. The van der Waals surface area contributed by atoms with Crippen LogP contribution >= 0.6 is 0 Å². The maximum absolute atomic E-state index is 4.30. The van der Waals surface area contributed by atoms with Gasteiger partial charge >= 0.3 is 0 Å². The molecule has 1 N–H and O–H groups in total. The summed E-state index contributed by atoms with van der Waals surface area (Å²) in [6.07, 6.45) is 8.72. The SMILES string of the molecule is CC(C)C1CCCC(NCc2nnc3ccccn23)CC1. The molecule has 0 bridgehead atoms. The fourth-order valence-electron chi connectivity index (χ4n) is 3.45.